The molecule has 2 aromatic rings. The van der Waals surface area contributed by atoms with Crippen LogP contribution in [0.1, 0.15) is 26.3 Å². The molecule has 0 bridgehead atoms. The Labute approximate surface area is 166 Å². The molecule has 2 N–H and O–H groups in total. The molecule has 0 amide bonds. The fraction of sp³-hybridized carbons (Fsp3) is 0.316. The number of hydrogen-bond donors (Lipinski definition) is 2. The minimum atomic E-state index is -1.20. The first-order valence-corrected chi connectivity index (χ1v) is 11.3. The molecule has 0 atom stereocenters. The summed E-state index contributed by atoms with van der Waals surface area (Å²) in [7, 11) is -1.20. The van der Waals surface area contributed by atoms with Gasteiger partial charge in [0.2, 0.25) is 0 Å². The number of rotatable bonds is 5. The zero-order valence-electron chi connectivity index (χ0n) is 16.1. The van der Waals surface area contributed by atoms with E-state index in [1.54, 1.807) is 6.07 Å². The van der Waals surface area contributed by atoms with Gasteiger partial charge in [0.05, 0.1) is 4.92 Å². The minimum absolute atomic E-state index is 0.0291. The van der Waals surface area contributed by atoms with Crippen molar-refractivity contribution in [3.05, 3.63) is 58.1 Å². The summed E-state index contributed by atoms with van der Waals surface area (Å²) in [4.78, 5) is 11.1. The number of nitro groups is 1. The standard InChI is InChI=1S/C19H24N3O3SSi/c1-19(2,3)16-14(21-18(26)20-13-9-7-6-8-10-13)11-12-15(22(23)24)17(16)25-27(4)5/h6-12H,1-5H3,(H2,20,21,26). The van der Waals surface area contributed by atoms with Crippen molar-refractivity contribution in [3.8, 4) is 5.75 Å². The van der Waals surface area contributed by atoms with Crippen molar-refractivity contribution in [3.63, 3.8) is 0 Å². The number of anilines is 2. The largest absolute Gasteiger partial charge is 0.538 e. The summed E-state index contributed by atoms with van der Waals surface area (Å²) in [5, 5.41) is 18.2. The van der Waals surface area contributed by atoms with Crippen molar-refractivity contribution in [2.45, 2.75) is 39.3 Å². The molecule has 0 unspecified atom stereocenters. The van der Waals surface area contributed by atoms with Gasteiger partial charge < -0.3 is 15.1 Å². The van der Waals surface area contributed by atoms with Crippen molar-refractivity contribution in [2.75, 3.05) is 10.6 Å². The van der Waals surface area contributed by atoms with E-state index in [4.69, 9.17) is 16.6 Å². The van der Waals surface area contributed by atoms with Gasteiger partial charge >= 0.3 is 5.69 Å². The van der Waals surface area contributed by atoms with Gasteiger partial charge in [0.15, 0.2) is 10.9 Å². The van der Waals surface area contributed by atoms with E-state index in [2.05, 4.69) is 10.6 Å². The predicted molar refractivity (Wildman–Crippen MR) is 116 cm³/mol. The molecule has 0 fully saturated rings. The van der Waals surface area contributed by atoms with Crippen molar-refractivity contribution < 1.29 is 9.35 Å². The average molecular weight is 403 g/mol. The van der Waals surface area contributed by atoms with E-state index in [0.717, 1.165) is 11.3 Å². The van der Waals surface area contributed by atoms with Crippen LogP contribution in [0.3, 0.4) is 0 Å². The first-order valence-electron chi connectivity index (χ1n) is 8.52. The van der Waals surface area contributed by atoms with Crippen LogP contribution >= 0.6 is 12.2 Å². The minimum Gasteiger partial charge on any atom is -0.538 e. The smallest absolute Gasteiger partial charge is 0.310 e. The summed E-state index contributed by atoms with van der Waals surface area (Å²) in [6, 6.07) is 12.7. The monoisotopic (exact) mass is 402 g/mol. The molecule has 0 aliphatic carbocycles. The van der Waals surface area contributed by atoms with Gasteiger partial charge in [-0.15, -0.1) is 0 Å². The Bertz CT molecular complexity index is 836. The number of nitrogens with one attached hydrogen (secondary N) is 2. The van der Waals surface area contributed by atoms with Crippen LogP contribution in [0.5, 0.6) is 5.75 Å². The molecular formula is C19H24N3O3SSi. The van der Waals surface area contributed by atoms with Gasteiger partial charge in [0.1, 0.15) is 0 Å². The average Bonchev–Trinajstić information content (AvgIpc) is 2.53. The molecule has 0 saturated carbocycles. The quantitative estimate of drug-likeness (QED) is 0.305. The van der Waals surface area contributed by atoms with Crippen LogP contribution in [0.15, 0.2) is 42.5 Å². The lowest BCUT2D eigenvalue weighted by Gasteiger charge is -2.27. The van der Waals surface area contributed by atoms with E-state index in [1.165, 1.54) is 6.07 Å². The Morgan fingerprint density at radius 2 is 1.74 bits per heavy atom. The van der Waals surface area contributed by atoms with Crippen LogP contribution in [-0.2, 0) is 5.41 Å². The summed E-state index contributed by atoms with van der Waals surface area (Å²) in [5.74, 6) is 0.318. The van der Waals surface area contributed by atoms with Gasteiger partial charge in [-0.1, -0.05) is 39.0 Å². The lowest BCUT2D eigenvalue weighted by Crippen LogP contribution is -2.25. The summed E-state index contributed by atoms with van der Waals surface area (Å²) in [6.45, 7) is 9.88. The Kier molecular flexibility index (Phi) is 6.56. The molecule has 2 rings (SSSR count). The first kappa shape index (κ1) is 20.9. The Balaban J connectivity index is 2.46. The van der Waals surface area contributed by atoms with Gasteiger partial charge in [-0.05, 0) is 48.9 Å². The van der Waals surface area contributed by atoms with Crippen molar-refractivity contribution in [1.82, 2.24) is 0 Å². The molecule has 0 heterocycles. The molecular weight excluding hydrogens is 378 g/mol. The fourth-order valence-corrected chi connectivity index (χ4v) is 3.52. The van der Waals surface area contributed by atoms with Crippen molar-refractivity contribution in [2.24, 2.45) is 0 Å². The van der Waals surface area contributed by atoms with Crippen LogP contribution in [0, 0.1) is 10.1 Å². The van der Waals surface area contributed by atoms with Crippen LogP contribution in [0.2, 0.25) is 13.1 Å². The zero-order valence-corrected chi connectivity index (χ0v) is 17.9. The molecule has 0 aromatic heterocycles. The van der Waals surface area contributed by atoms with Crippen LogP contribution in [0.4, 0.5) is 17.1 Å². The molecule has 1 radical (unpaired) electrons. The second kappa shape index (κ2) is 8.49. The third-order valence-corrected chi connectivity index (χ3v) is 4.49. The highest BCUT2D eigenvalue weighted by molar-refractivity contribution is 7.80. The third-order valence-electron chi connectivity index (χ3n) is 3.67. The molecule has 2 aromatic carbocycles. The van der Waals surface area contributed by atoms with E-state index in [9.17, 15) is 10.1 Å². The van der Waals surface area contributed by atoms with E-state index < -0.39 is 14.0 Å². The van der Waals surface area contributed by atoms with E-state index in [0.29, 0.717) is 16.5 Å². The number of benzene rings is 2. The molecule has 0 aliphatic rings. The Morgan fingerprint density at radius 3 is 2.26 bits per heavy atom. The second-order valence-electron chi connectivity index (χ2n) is 7.30. The summed E-state index contributed by atoms with van der Waals surface area (Å²) >= 11 is 5.43. The highest BCUT2D eigenvalue weighted by Crippen LogP contribution is 2.43. The van der Waals surface area contributed by atoms with Gasteiger partial charge in [-0.2, -0.15) is 0 Å². The van der Waals surface area contributed by atoms with Gasteiger partial charge in [0.25, 0.3) is 9.04 Å². The first-order chi connectivity index (χ1) is 12.6. The van der Waals surface area contributed by atoms with Crippen LogP contribution in [-0.4, -0.2) is 19.1 Å². The van der Waals surface area contributed by atoms with Crippen LogP contribution in [0.25, 0.3) is 0 Å². The highest BCUT2D eigenvalue weighted by atomic mass is 32.1. The number of hydrogen-bond acceptors (Lipinski definition) is 4. The van der Waals surface area contributed by atoms with Crippen molar-refractivity contribution >= 4 is 43.4 Å². The molecule has 0 saturated heterocycles. The van der Waals surface area contributed by atoms with Crippen LogP contribution < -0.4 is 15.1 Å². The maximum absolute atomic E-state index is 11.5. The van der Waals surface area contributed by atoms with Gasteiger partial charge in [-0.25, -0.2) is 0 Å². The number of thiocarbonyl (C=S) groups is 1. The summed E-state index contributed by atoms with van der Waals surface area (Å²) in [5.41, 5.74) is 1.88. The lowest BCUT2D eigenvalue weighted by molar-refractivity contribution is -0.385. The molecule has 27 heavy (non-hydrogen) atoms. The van der Waals surface area contributed by atoms with Crippen molar-refractivity contribution in [1.29, 1.82) is 0 Å². The lowest BCUT2D eigenvalue weighted by atomic mass is 9.84. The summed E-state index contributed by atoms with van der Waals surface area (Å²) < 4.78 is 5.96. The number of nitrogens with zero attached hydrogens (tertiary/aromatic N) is 1. The second-order valence-corrected chi connectivity index (χ2v) is 9.73. The molecule has 0 aliphatic heterocycles. The summed E-state index contributed by atoms with van der Waals surface area (Å²) in [6.07, 6.45) is 0. The van der Waals surface area contributed by atoms with E-state index >= 15 is 0 Å². The SMILES string of the molecule is C[Si](C)Oc1c([N+](=O)[O-])ccc(NC(=S)Nc2ccccc2)c1C(C)(C)C. The van der Waals surface area contributed by atoms with Gasteiger partial charge in [0, 0.05) is 23.0 Å². The Hall–Kier alpha value is -2.45. The maximum atomic E-state index is 11.5. The molecule has 143 valence electrons. The zero-order chi connectivity index (χ0) is 20.2. The third kappa shape index (κ3) is 5.51. The molecule has 6 nitrogen and oxygen atoms in total. The fourth-order valence-electron chi connectivity index (χ4n) is 2.68. The normalized spacial score (nSPS) is 11.2. The van der Waals surface area contributed by atoms with Gasteiger partial charge in [-0.3, -0.25) is 10.1 Å². The topological polar surface area (TPSA) is 76.4 Å². The molecule has 0 spiro atoms. The Morgan fingerprint density at radius 1 is 1.11 bits per heavy atom. The van der Waals surface area contributed by atoms with E-state index in [1.807, 2.05) is 64.2 Å². The molecule has 8 heteroatoms. The predicted octanol–water partition coefficient (Wildman–Crippen LogP) is 5.33. The van der Waals surface area contributed by atoms with E-state index in [-0.39, 0.29) is 11.1 Å². The number of nitro benzene ring substituents is 1. The maximum Gasteiger partial charge on any atom is 0.310 e. The number of para-hydroxylation sites is 1. The highest BCUT2D eigenvalue weighted by Gasteiger charge is 2.31.